The molecule has 2 fully saturated rings. The van der Waals surface area contributed by atoms with E-state index < -0.39 is 0 Å². The minimum Gasteiger partial charge on any atom is -0.342 e. The number of piperidine rings is 1. The van der Waals surface area contributed by atoms with Crippen LogP contribution < -0.4 is 0 Å². The van der Waals surface area contributed by atoms with E-state index in [1.807, 2.05) is 0 Å². The van der Waals surface area contributed by atoms with Crippen LogP contribution in [0.5, 0.6) is 0 Å². The van der Waals surface area contributed by atoms with Gasteiger partial charge in [0.1, 0.15) is 0 Å². The summed E-state index contributed by atoms with van der Waals surface area (Å²) < 4.78 is 0. The Kier molecular flexibility index (Phi) is 4.87. The van der Waals surface area contributed by atoms with Gasteiger partial charge in [0.25, 0.3) is 0 Å². The topological polar surface area (TPSA) is 20.3 Å². The molecule has 2 nitrogen and oxygen atoms in total. The number of carbonyl (C=O) groups is 1. The number of hydrogen-bond donors (Lipinski definition) is 0. The number of nitrogens with zero attached hydrogens (tertiary/aromatic N) is 1. The Labute approximate surface area is 106 Å². The van der Waals surface area contributed by atoms with Crippen LogP contribution in [0.3, 0.4) is 0 Å². The predicted octanol–water partition coefficient (Wildman–Crippen LogP) is 3.61. The zero-order chi connectivity index (χ0) is 12.1. The molecular formula is C15H27NO. The van der Waals surface area contributed by atoms with Gasteiger partial charge in [-0.25, -0.2) is 0 Å². The zero-order valence-corrected chi connectivity index (χ0v) is 11.3. The third-order valence-electron chi connectivity index (χ3n) is 4.50. The highest BCUT2D eigenvalue weighted by Crippen LogP contribution is 2.29. The predicted molar refractivity (Wildman–Crippen MR) is 70.8 cm³/mol. The molecule has 1 aliphatic heterocycles. The molecule has 0 aromatic heterocycles. The lowest BCUT2D eigenvalue weighted by Gasteiger charge is -2.31. The molecule has 1 amide bonds. The van der Waals surface area contributed by atoms with Crippen molar-refractivity contribution in [2.24, 2.45) is 11.8 Å². The van der Waals surface area contributed by atoms with Crippen LogP contribution in [0.2, 0.25) is 0 Å². The van der Waals surface area contributed by atoms with E-state index in [9.17, 15) is 4.79 Å². The normalized spacial score (nSPS) is 24.6. The van der Waals surface area contributed by atoms with Gasteiger partial charge in [-0.05, 0) is 31.6 Å². The van der Waals surface area contributed by atoms with Crippen molar-refractivity contribution >= 4 is 5.91 Å². The van der Waals surface area contributed by atoms with Crippen LogP contribution in [0, 0.1) is 11.8 Å². The zero-order valence-electron chi connectivity index (χ0n) is 11.3. The van der Waals surface area contributed by atoms with Crippen molar-refractivity contribution in [1.29, 1.82) is 0 Å². The van der Waals surface area contributed by atoms with Crippen molar-refractivity contribution in [1.82, 2.24) is 4.90 Å². The maximum absolute atomic E-state index is 12.3. The van der Waals surface area contributed by atoms with Crippen LogP contribution in [-0.2, 0) is 4.79 Å². The van der Waals surface area contributed by atoms with Crippen LogP contribution in [0.4, 0.5) is 0 Å². The average Bonchev–Trinajstić information content (AvgIpc) is 2.40. The molecule has 1 heterocycles. The molecule has 98 valence electrons. The molecule has 17 heavy (non-hydrogen) atoms. The second-order valence-electron chi connectivity index (χ2n) is 6.03. The van der Waals surface area contributed by atoms with Gasteiger partial charge in [-0.15, -0.1) is 0 Å². The Morgan fingerprint density at radius 3 is 2.29 bits per heavy atom. The molecule has 0 spiro atoms. The van der Waals surface area contributed by atoms with Gasteiger partial charge in [-0.3, -0.25) is 4.79 Å². The minimum atomic E-state index is 0.260. The molecule has 2 heteroatoms. The summed E-state index contributed by atoms with van der Waals surface area (Å²) in [5.41, 5.74) is 0. The summed E-state index contributed by atoms with van der Waals surface area (Å²) in [6.07, 6.45) is 11.8. The van der Waals surface area contributed by atoms with E-state index in [2.05, 4.69) is 11.8 Å². The van der Waals surface area contributed by atoms with Crippen LogP contribution in [0.1, 0.15) is 64.7 Å². The van der Waals surface area contributed by atoms with Crippen LogP contribution in [0.15, 0.2) is 0 Å². The molecule has 0 N–H and O–H groups in total. The van der Waals surface area contributed by atoms with E-state index in [-0.39, 0.29) is 5.92 Å². The quantitative estimate of drug-likeness (QED) is 0.734. The Morgan fingerprint density at radius 2 is 1.65 bits per heavy atom. The Morgan fingerprint density at radius 1 is 1.06 bits per heavy atom. The average molecular weight is 237 g/mol. The molecular weight excluding hydrogens is 210 g/mol. The van der Waals surface area contributed by atoms with Crippen LogP contribution in [0.25, 0.3) is 0 Å². The molecule has 0 aromatic rings. The van der Waals surface area contributed by atoms with E-state index in [0.717, 1.165) is 25.4 Å². The largest absolute Gasteiger partial charge is 0.342 e. The maximum atomic E-state index is 12.3. The van der Waals surface area contributed by atoms with Crippen molar-refractivity contribution in [2.45, 2.75) is 64.7 Å². The smallest absolute Gasteiger partial charge is 0.225 e. The highest BCUT2D eigenvalue weighted by molar-refractivity contribution is 5.78. The third-order valence-corrected chi connectivity index (χ3v) is 4.50. The number of carbonyl (C=O) groups excluding carboxylic acids is 1. The van der Waals surface area contributed by atoms with Gasteiger partial charge in [0.15, 0.2) is 0 Å². The van der Waals surface area contributed by atoms with Crippen LogP contribution >= 0.6 is 0 Å². The standard InChI is InChI=1S/C15H27NO/c1-13(12-14-8-4-2-5-9-14)15(17)16-10-6-3-7-11-16/h13-14H,2-12H2,1H3/t13-/m0/s1. The molecule has 2 rings (SSSR count). The first kappa shape index (κ1) is 12.9. The van der Waals surface area contributed by atoms with E-state index in [1.165, 1.54) is 51.4 Å². The van der Waals surface area contributed by atoms with E-state index >= 15 is 0 Å². The molecule has 1 saturated carbocycles. The lowest BCUT2D eigenvalue weighted by Crippen LogP contribution is -2.39. The summed E-state index contributed by atoms with van der Waals surface area (Å²) in [6, 6.07) is 0. The van der Waals surface area contributed by atoms with Gasteiger partial charge >= 0.3 is 0 Å². The maximum Gasteiger partial charge on any atom is 0.225 e. The molecule has 0 radical (unpaired) electrons. The first-order chi connectivity index (χ1) is 8.27. The first-order valence-corrected chi connectivity index (χ1v) is 7.56. The Balaban J connectivity index is 1.77. The fourth-order valence-corrected chi connectivity index (χ4v) is 3.45. The number of likely N-dealkylation sites (tertiary alicyclic amines) is 1. The van der Waals surface area contributed by atoms with Gasteiger partial charge in [0, 0.05) is 19.0 Å². The van der Waals surface area contributed by atoms with Gasteiger partial charge in [0.05, 0.1) is 0 Å². The molecule has 0 unspecified atom stereocenters. The lowest BCUT2D eigenvalue weighted by atomic mass is 9.83. The highest BCUT2D eigenvalue weighted by Gasteiger charge is 2.25. The SMILES string of the molecule is C[C@@H](CC1CCCCC1)C(=O)N1CCCCC1. The van der Waals surface area contributed by atoms with Crippen LogP contribution in [-0.4, -0.2) is 23.9 Å². The van der Waals surface area contributed by atoms with E-state index in [1.54, 1.807) is 0 Å². The Hall–Kier alpha value is -0.530. The van der Waals surface area contributed by atoms with Crippen molar-refractivity contribution in [3.05, 3.63) is 0 Å². The summed E-state index contributed by atoms with van der Waals surface area (Å²) in [4.78, 5) is 14.4. The number of hydrogen-bond acceptors (Lipinski definition) is 1. The molecule has 1 atom stereocenters. The van der Waals surface area contributed by atoms with Crippen molar-refractivity contribution in [3.8, 4) is 0 Å². The summed E-state index contributed by atoms with van der Waals surface area (Å²) >= 11 is 0. The second kappa shape index (κ2) is 6.42. The van der Waals surface area contributed by atoms with Gasteiger partial charge in [-0.2, -0.15) is 0 Å². The lowest BCUT2D eigenvalue weighted by molar-refractivity contribution is -0.136. The van der Waals surface area contributed by atoms with Gasteiger partial charge in [-0.1, -0.05) is 39.0 Å². The molecule has 0 aromatic carbocycles. The molecule has 1 aliphatic carbocycles. The van der Waals surface area contributed by atoms with Gasteiger partial charge in [0.2, 0.25) is 5.91 Å². The summed E-state index contributed by atoms with van der Waals surface area (Å²) in [5, 5.41) is 0. The molecule has 0 bridgehead atoms. The second-order valence-corrected chi connectivity index (χ2v) is 6.03. The summed E-state index contributed by atoms with van der Waals surface area (Å²) in [5.74, 6) is 1.51. The fraction of sp³-hybridized carbons (Fsp3) is 0.933. The molecule has 2 aliphatic rings. The van der Waals surface area contributed by atoms with E-state index in [4.69, 9.17) is 0 Å². The molecule has 1 saturated heterocycles. The van der Waals surface area contributed by atoms with Crippen molar-refractivity contribution in [3.63, 3.8) is 0 Å². The van der Waals surface area contributed by atoms with Crippen molar-refractivity contribution in [2.75, 3.05) is 13.1 Å². The first-order valence-electron chi connectivity index (χ1n) is 7.56. The summed E-state index contributed by atoms with van der Waals surface area (Å²) in [6.45, 7) is 4.16. The number of amides is 1. The third kappa shape index (κ3) is 3.72. The van der Waals surface area contributed by atoms with Gasteiger partial charge < -0.3 is 4.90 Å². The fourth-order valence-electron chi connectivity index (χ4n) is 3.45. The highest BCUT2D eigenvalue weighted by atomic mass is 16.2. The minimum absolute atomic E-state index is 0.260. The monoisotopic (exact) mass is 237 g/mol. The Bertz CT molecular complexity index is 239. The number of rotatable bonds is 3. The van der Waals surface area contributed by atoms with E-state index in [0.29, 0.717) is 5.91 Å². The summed E-state index contributed by atoms with van der Waals surface area (Å²) in [7, 11) is 0. The van der Waals surface area contributed by atoms with Crippen molar-refractivity contribution < 1.29 is 4.79 Å².